The van der Waals surface area contributed by atoms with Crippen molar-refractivity contribution in [1.29, 1.82) is 0 Å². The molecule has 168 valence electrons. The summed E-state index contributed by atoms with van der Waals surface area (Å²) in [5.74, 6) is -2.02. The number of esters is 1. The van der Waals surface area contributed by atoms with Gasteiger partial charge in [0.25, 0.3) is 0 Å². The van der Waals surface area contributed by atoms with E-state index in [0.29, 0.717) is 38.3 Å². The van der Waals surface area contributed by atoms with Gasteiger partial charge in [0.2, 0.25) is 0 Å². The monoisotopic (exact) mass is 483 g/mol. The molecule has 0 aliphatic rings. The SMILES string of the molecule is C/C(=N\NC(=O)C(=O)Nc1ccc(C)c(Cl)c1)c1ccc(OC(=O)c2cccc(Cl)c2)cc1. The highest BCUT2D eigenvalue weighted by atomic mass is 35.5. The lowest BCUT2D eigenvalue weighted by Gasteiger charge is -2.07. The Morgan fingerprint density at radius 2 is 1.61 bits per heavy atom. The first kappa shape index (κ1) is 24.0. The normalized spacial score (nSPS) is 11.0. The van der Waals surface area contributed by atoms with Crippen molar-refractivity contribution in [3.8, 4) is 5.75 Å². The molecule has 0 aliphatic carbocycles. The number of nitrogens with zero attached hydrogens (tertiary/aromatic N) is 1. The van der Waals surface area contributed by atoms with E-state index >= 15 is 0 Å². The average molecular weight is 484 g/mol. The van der Waals surface area contributed by atoms with Crippen LogP contribution in [0.5, 0.6) is 5.75 Å². The van der Waals surface area contributed by atoms with Crippen LogP contribution in [0.15, 0.2) is 71.8 Å². The molecule has 0 spiro atoms. The van der Waals surface area contributed by atoms with Crippen molar-refractivity contribution in [1.82, 2.24) is 5.43 Å². The molecule has 0 saturated heterocycles. The van der Waals surface area contributed by atoms with Crippen molar-refractivity contribution in [2.45, 2.75) is 13.8 Å². The molecule has 0 fully saturated rings. The minimum absolute atomic E-state index is 0.330. The van der Waals surface area contributed by atoms with Gasteiger partial charge in [-0.3, -0.25) is 9.59 Å². The fourth-order valence-electron chi connectivity index (χ4n) is 2.65. The summed E-state index contributed by atoms with van der Waals surface area (Å²) in [4.78, 5) is 36.3. The van der Waals surface area contributed by atoms with Crippen LogP contribution in [0, 0.1) is 6.92 Å². The number of hydrogen-bond acceptors (Lipinski definition) is 5. The van der Waals surface area contributed by atoms with Gasteiger partial charge in [-0.25, -0.2) is 10.2 Å². The summed E-state index contributed by atoms with van der Waals surface area (Å²) in [6.07, 6.45) is 0. The summed E-state index contributed by atoms with van der Waals surface area (Å²) >= 11 is 11.9. The predicted octanol–water partition coefficient (Wildman–Crippen LogP) is 5.00. The van der Waals surface area contributed by atoms with Gasteiger partial charge in [-0.2, -0.15) is 5.10 Å². The Hall–Kier alpha value is -3.68. The smallest absolute Gasteiger partial charge is 0.343 e. The highest BCUT2D eigenvalue weighted by Crippen LogP contribution is 2.20. The maximum absolute atomic E-state index is 12.2. The maximum Gasteiger partial charge on any atom is 0.343 e. The number of hydrogen-bond donors (Lipinski definition) is 2. The molecular formula is C24H19Cl2N3O4. The Morgan fingerprint density at radius 1 is 0.879 bits per heavy atom. The van der Waals surface area contributed by atoms with E-state index in [1.807, 2.05) is 6.92 Å². The Morgan fingerprint density at radius 3 is 2.27 bits per heavy atom. The zero-order valence-corrected chi connectivity index (χ0v) is 19.2. The molecule has 0 saturated carbocycles. The van der Waals surface area contributed by atoms with E-state index in [1.54, 1.807) is 67.6 Å². The van der Waals surface area contributed by atoms with Crippen molar-refractivity contribution in [2.24, 2.45) is 5.10 Å². The Labute approximate surface area is 200 Å². The van der Waals surface area contributed by atoms with Gasteiger partial charge in [0, 0.05) is 15.7 Å². The van der Waals surface area contributed by atoms with E-state index in [4.69, 9.17) is 27.9 Å². The number of rotatable bonds is 5. The summed E-state index contributed by atoms with van der Waals surface area (Å²) in [5.41, 5.74) is 4.89. The zero-order valence-electron chi connectivity index (χ0n) is 17.7. The fraction of sp³-hybridized carbons (Fsp3) is 0.0833. The van der Waals surface area contributed by atoms with Crippen LogP contribution < -0.4 is 15.5 Å². The molecule has 3 aromatic carbocycles. The number of carbonyl (C=O) groups is 3. The van der Waals surface area contributed by atoms with Gasteiger partial charge in [-0.05, 0) is 79.6 Å². The van der Waals surface area contributed by atoms with Crippen LogP contribution in [0.4, 0.5) is 5.69 Å². The van der Waals surface area contributed by atoms with Crippen LogP contribution in [0.2, 0.25) is 10.0 Å². The molecule has 0 unspecified atom stereocenters. The van der Waals surface area contributed by atoms with Gasteiger partial charge in [0.05, 0.1) is 11.3 Å². The minimum atomic E-state index is -0.932. The predicted molar refractivity (Wildman–Crippen MR) is 128 cm³/mol. The first-order valence-electron chi connectivity index (χ1n) is 9.73. The summed E-state index contributed by atoms with van der Waals surface area (Å²) in [7, 11) is 0. The molecular weight excluding hydrogens is 465 g/mol. The number of benzene rings is 3. The Balaban J connectivity index is 1.57. The summed E-state index contributed by atoms with van der Waals surface area (Å²) in [5, 5.41) is 7.31. The largest absolute Gasteiger partial charge is 0.423 e. The van der Waals surface area contributed by atoms with Crippen LogP contribution in [-0.2, 0) is 9.59 Å². The lowest BCUT2D eigenvalue weighted by Crippen LogP contribution is -2.32. The number of amides is 2. The van der Waals surface area contributed by atoms with Crippen LogP contribution >= 0.6 is 23.2 Å². The number of carbonyl (C=O) groups excluding carboxylic acids is 3. The van der Waals surface area contributed by atoms with E-state index in [2.05, 4.69) is 15.8 Å². The van der Waals surface area contributed by atoms with E-state index in [9.17, 15) is 14.4 Å². The molecule has 0 heterocycles. The topological polar surface area (TPSA) is 96.9 Å². The zero-order chi connectivity index (χ0) is 24.0. The van der Waals surface area contributed by atoms with Crippen LogP contribution in [0.3, 0.4) is 0 Å². The molecule has 0 aliphatic heterocycles. The van der Waals surface area contributed by atoms with Crippen molar-refractivity contribution in [3.05, 3.63) is 93.5 Å². The van der Waals surface area contributed by atoms with Gasteiger partial charge in [0.15, 0.2) is 0 Å². The van der Waals surface area contributed by atoms with E-state index in [0.717, 1.165) is 5.56 Å². The second-order valence-corrected chi connectivity index (χ2v) is 7.82. The van der Waals surface area contributed by atoms with Crippen molar-refractivity contribution in [2.75, 3.05) is 5.32 Å². The number of hydrazone groups is 1. The van der Waals surface area contributed by atoms with E-state index < -0.39 is 17.8 Å². The second-order valence-electron chi connectivity index (χ2n) is 6.98. The number of ether oxygens (including phenoxy) is 1. The molecule has 9 heteroatoms. The molecule has 0 aromatic heterocycles. The third-order valence-corrected chi connectivity index (χ3v) is 5.15. The molecule has 33 heavy (non-hydrogen) atoms. The van der Waals surface area contributed by atoms with Crippen molar-refractivity contribution >= 4 is 52.4 Å². The number of anilines is 1. The molecule has 0 bridgehead atoms. The minimum Gasteiger partial charge on any atom is -0.423 e. The van der Waals surface area contributed by atoms with Crippen LogP contribution in [0.1, 0.15) is 28.4 Å². The van der Waals surface area contributed by atoms with Gasteiger partial charge in [-0.1, -0.05) is 35.3 Å². The Kier molecular flexibility index (Phi) is 7.82. The number of halogens is 2. The fourth-order valence-corrected chi connectivity index (χ4v) is 3.02. The third-order valence-electron chi connectivity index (χ3n) is 4.50. The molecule has 2 amide bonds. The lowest BCUT2D eigenvalue weighted by atomic mass is 10.1. The average Bonchev–Trinajstić information content (AvgIpc) is 2.80. The maximum atomic E-state index is 12.2. The lowest BCUT2D eigenvalue weighted by molar-refractivity contribution is -0.136. The molecule has 2 N–H and O–H groups in total. The van der Waals surface area contributed by atoms with Crippen LogP contribution in [-0.4, -0.2) is 23.5 Å². The number of aryl methyl sites for hydroxylation is 1. The second kappa shape index (κ2) is 10.8. The summed E-state index contributed by atoms with van der Waals surface area (Å²) in [6, 6.07) is 17.9. The third kappa shape index (κ3) is 6.65. The van der Waals surface area contributed by atoms with E-state index in [1.165, 1.54) is 6.07 Å². The highest BCUT2D eigenvalue weighted by Gasteiger charge is 2.14. The van der Waals surface area contributed by atoms with Crippen LogP contribution in [0.25, 0.3) is 0 Å². The molecule has 0 radical (unpaired) electrons. The summed E-state index contributed by atoms with van der Waals surface area (Å²) in [6.45, 7) is 3.48. The van der Waals surface area contributed by atoms with Gasteiger partial charge in [0.1, 0.15) is 5.75 Å². The van der Waals surface area contributed by atoms with Gasteiger partial charge in [-0.15, -0.1) is 0 Å². The first-order chi connectivity index (χ1) is 15.7. The standard InChI is InChI=1S/C24H19Cl2N3O4/c1-14-6-9-19(13-21(14)26)27-22(30)23(31)29-28-15(2)16-7-10-20(11-8-16)33-24(32)17-4-3-5-18(25)12-17/h3-13H,1-2H3,(H,27,30)(H,29,31)/b28-15+. The number of nitrogens with one attached hydrogen (secondary N) is 2. The highest BCUT2D eigenvalue weighted by molar-refractivity contribution is 6.40. The van der Waals surface area contributed by atoms with Gasteiger partial charge >= 0.3 is 17.8 Å². The molecule has 3 aromatic rings. The Bertz CT molecular complexity index is 1240. The molecule has 3 rings (SSSR count). The molecule has 7 nitrogen and oxygen atoms in total. The van der Waals surface area contributed by atoms with Crippen molar-refractivity contribution in [3.63, 3.8) is 0 Å². The molecule has 0 atom stereocenters. The van der Waals surface area contributed by atoms with E-state index in [-0.39, 0.29) is 0 Å². The van der Waals surface area contributed by atoms with Crippen molar-refractivity contribution < 1.29 is 19.1 Å². The quantitative estimate of drug-likeness (QED) is 0.175. The summed E-state index contributed by atoms with van der Waals surface area (Å²) < 4.78 is 5.32. The van der Waals surface area contributed by atoms with Gasteiger partial charge < -0.3 is 10.1 Å². The first-order valence-corrected chi connectivity index (χ1v) is 10.5.